The van der Waals surface area contributed by atoms with Crippen molar-refractivity contribution in [3.05, 3.63) is 47.5 Å². The summed E-state index contributed by atoms with van der Waals surface area (Å²) in [5.41, 5.74) is 2.56. The lowest BCUT2D eigenvalue weighted by Crippen LogP contribution is -2.49. The molecule has 1 aliphatic heterocycles. The maximum absolute atomic E-state index is 12.3. The molecule has 31 heavy (non-hydrogen) atoms. The molecule has 0 unspecified atom stereocenters. The summed E-state index contributed by atoms with van der Waals surface area (Å²) in [7, 11) is 0. The van der Waals surface area contributed by atoms with E-state index in [-0.39, 0.29) is 24.2 Å². The fourth-order valence-corrected chi connectivity index (χ4v) is 3.22. The highest BCUT2D eigenvalue weighted by molar-refractivity contribution is 5.86. The van der Waals surface area contributed by atoms with Gasteiger partial charge in [0.25, 0.3) is 0 Å². The van der Waals surface area contributed by atoms with Crippen LogP contribution in [0.2, 0.25) is 0 Å². The van der Waals surface area contributed by atoms with Crippen LogP contribution in [0.3, 0.4) is 0 Å². The van der Waals surface area contributed by atoms with Crippen molar-refractivity contribution >= 4 is 16.8 Å². The SMILES string of the molecule is Cc1cc(Cn2cc3c(CC(=O)NC4COC4)nccc3n2)cnc1OCC(F)(F)F. The average Bonchev–Trinajstić information content (AvgIpc) is 3.07. The van der Waals surface area contributed by atoms with Gasteiger partial charge >= 0.3 is 6.18 Å². The molecule has 1 fully saturated rings. The molecule has 1 aliphatic rings. The number of pyridine rings is 2. The van der Waals surface area contributed by atoms with E-state index in [2.05, 4.69) is 20.4 Å². The number of nitrogens with zero attached hydrogens (tertiary/aromatic N) is 4. The number of carbonyl (C=O) groups is 1. The molecule has 11 heteroatoms. The van der Waals surface area contributed by atoms with Gasteiger partial charge in [0.2, 0.25) is 11.8 Å². The van der Waals surface area contributed by atoms with Crippen LogP contribution in [-0.2, 0) is 22.5 Å². The molecule has 4 rings (SSSR count). The third-order valence-electron chi connectivity index (χ3n) is 4.70. The van der Waals surface area contributed by atoms with Crippen molar-refractivity contribution in [1.29, 1.82) is 0 Å². The first-order valence-corrected chi connectivity index (χ1v) is 9.60. The molecule has 0 aliphatic carbocycles. The first-order valence-electron chi connectivity index (χ1n) is 9.60. The highest BCUT2D eigenvalue weighted by Gasteiger charge is 2.29. The number of nitrogens with one attached hydrogen (secondary N) is 1. The Kier molecular flexibility index (Phi) is 5.77. The normalized spacial score (nSPS) is 14.5. The molecular formula is C20H20F3N5O3. The van der Waals surface area contributed by atoms with Crippen LogP contribution < -0.4 is 10.1 Å². The van der Waals surface area contributed by atoms with Gasteiger partial charge < -0.3 is 14.8 Å². The van der Waals surface area contributed by atoms with Crippen molar-refractivity contribution in [2.45, 2.75) is 32.1 Å². The van der Waals surface area contributed by atoms with Crippen LogP contribution in [0.15, 0.2) is 30.7 Å². The second-order valence-corrected chi connectivity index (χ2v) is 7.37. The largest absolute Gasteiger partial charge is 0.468 e. The van der Waals surface area contributed by atoms with Crippen LogP contribution in [0.1, 0.15) is 16.8 Å². The van der Waals surface area contributed by atoms with Crippen molar-refractivity contribution in [2.75, 3.05) is 19.8 Å². The third-order valence-corrected chi connectivity index (χ3v) is 4.70. The van der Waals surface area contributed by atoms with Gasteiger partial charge in [-0.3, -0.25) is 14.5 Å². The second-order valence-electron chi connectivity index (χ2n) is 7.37. The number of amides is 1. The Morgan fingerprint density at radius 1 is 1.35 bits per heavy atom. The third kappa shape index (κ3) is 5.29. The standard InChI is InChI=1S/C20H20F3N5O3/c1-12-4-13(6-25-19(12)31-11-20(21,22)23)7-28-8-15-16(27-28)2-3-24-17(15)5-18(29)26-14-9-30-10-14/h2-4,6,8,14H,5,7,9-11H2,1H3,(H,26,29). The summed E-state index contributed by atoms with van der Waals surface area (Å²) in [5.74, 6) is -0.184. The van der Waals surface area contributed by atoms with Crippen LogP contribution in [0.5, 0.6) is 5.88 Å². The van der Waals surface area contributed by atoms with E-state index < -0.39 is 12.8 Å². The number of aromatic nitrogens is 4. The fourth-order valence-electron chi connectivity index (χ4n) is 3.22. The Balaban J connectivity index is 1.46. The lowest BCUT2D eigenvalue weighted by molar-refractivity contribution is -0.154. The van der Waals surface area contributed by atoms with E-state index in [1.165, 1.54) is 6.20 Å². The molecule has 8 nitrogen and oxygen atoms in total. The quantitative estimate of drug-likeness (QED) is 0.612. The van der Waals surface area contributed by atoms with Crippen molar-refractivity contribution in [3.63, 3.8) is 0 Å². The zero-order valence-electron chi connectivity index (χ0n) is 16.6. The monoisotopic (exact) mass is 435 g/mol. The Labute approximate surface area is 175 Å². The molecule has 3 aromatic heterocycles. The number of hydrogen-bond donors (Lipinski definition) is 1. The van der Waals surface area contributed by atoms with Gasteiger partial charge in [-0.1, -0.05) is 0 Å². The molecule has 1 N–H and O–H groups in total. The number of alkyl halides is 3. The van der Waals surface area contributed by atoms with Crippen molar-refractivity contribution < 1.29 is 27.4 Å². The smallest absolute Gasteiger partial charge is 0.422 e. The molecular weight excluding hydrogens is 415 g/mol. The number of hydrogen-bond acceptors (Lipinski definition) is 6. The van der Waals surface area contributed by atoms with Crippen LogP contribution in [0, 0.1) is 6.92 Å². The van der Waals surface area contributed by atoms with E-state index in [0.717, 1.165) is 10.9 Å². The molecule has 0 atom stereocenters. The maximum Gasteiger partial charge on any atom is 0.422 e. The number of ether oxygens (including phenoxy) is 2. The Bertz CT molecular complexity index is 1100. The topological polar surface area (TPSA) is 91.2 Å². The van der Waals surface area contributed by atoms with Crippen molar-refractivity contribution in [1.82, 2.24) is 25.1 Å². The Hall–Kier alpha value is -3.21. The van der Waals surface area contributed by atoms with E-state index >= 15 is 0 Å². The second kappa shape index (κ2) is 8.50. The summed E-state index contributed by atoms with van der Waals surface area (Å²) in [6.07, 6.45) is 0.564. The molecule has 0 aromatic carbocycles. The lowest BCUT2D eigenvalue weighted by atomic mass is 10.1. The highest BCUT2D eigenvalue weighted by Crippen LogP contribution is 2.21. The summed E-state index contributed by atoms with van der Waals surface area (Å²) < 4.78 is 48.5. The molecule has 3 aromatic rings. The highest BCUT2D eigenvalue weighted by atomic mass is 19.4. The van der Waals surface area contributed by atoms with E-state index in [4.69, 9.17) is 9.47 Å². The van der Waals surface area contributed by atoms with Gasteiger partial charge in [-0.2, -0.15) is 18.3 Å². The minimum absolute atomic E-state index is 0.0493. The summed E-state index contributed by atoms with van der Waals surface area (Å²) in [5, 5.41) is 8.15. The number of aryl methyl sites for hydroxylation is 1. The van der Waals surface area contributed by atoms with Crippen LogP contribution >= 0.6 is 0 Å². The average molecular weight is 435 g/mol. The summed E-state index contributed by atoms with van der Waals surface area (Å²) >= 11 is 0. The minimum Gasteiger partial charge on any atom is -0.468 e. The maximum atomic E-state index is 12.3. The molecule has 0 radical (unpaired) electrons. The Morgan fingerprint density at radius 2 is 2.16 bits per heavy atom. The summed E-state index contributed by atoms with van der Waals surface area (Å²) in [4.78, 5) is 20.5. The van der Waals surface area contributed by atoms with E-state index in [0.29, 0.717) is 36.5 Å². The number of rotatable bonds is 7. The van der Waals surface area contributed by atoms with Crippen molar-refractivity contribution in [2.24, 2.45) is 0 Å². The molecule has 1 amide bonds. The lowest BCUT2D eigenvalue weighted by Gasteiger charge is -2.26. The van der Waals surface area contributed by atoms with E-state index in [1.807, 2.05) is 0 Å². The van der Waals surface area contributed by atoms with Crippen LogP contribution in [0.4, 0.5) is 13.2 Å². The Morgan fingerprint density at radius 3 is 2.84 bits per heavy atom. The predicted octanol–water partition coefficient (Wildman–Crippen LogP) is 2.18. The summed E-state index contributed by atoms with van der Waals surface area (Å²) in [6.45, 7) is 1.65. The predicted molar refractivity (Wildman–Crippen MR) is 104 cm³/mol. The van der Waals surface area contributed by atoms with Gasteiger partial charge in [0.1, 0.15) is 0 Å². The van der Waals surface area contributed by atoms with E-state index in [9.17, 15) is 18.0 Å². The number of carbonyl (C=O) groups excluding carboxylic acids is 1. The van der Waals surface area contributed by atoms with E-state index in [1.54, 1.807) is 36.1 Å². The molecule has 4 heterocycles. The molecule has 0 bridgehead atoms. The molecule has 0 saturated carbocycles. The first kappa shape index (κ1) is 21.0. The number of halogens is 3. The molecule has 0 spiro atoms. The minimum atomic E-state index is -4.42. The molecule has 164 valence electrons. The molecule has 1 saturated heterocycles. The van der Waals surface area contributed by atoms with Crippen LogP contribution in [-0.4, -0.2) is 57.7 Å². The number of fused-ring (bicyclic) bond motifs is 1. The van der Waals surface area contributed by atoms with Crippen molar-refractivity contribution in [3.8, 4) is 5.88 Å². The van der Waals surface area contributed by atoms with Gasteiger partial charge in [0.05, 0.1) is 43.4 Å². The first-order chi connectivity index (χ1) is 14.8. The zero-order valence-corrected chi connectivity index (χ0v) is 16.6. The van der Waals surface area contributed by atoms with Gasteiger partial charge in [-0.15, -0.1) is 0 Å². The fraction of sp³-hybridized carbons (Fsp3) is 0.400. The zero-order chi connectivity index (χ0) is 22.0. The van der Waals surface area contributed by atoms with Gasteiger partial charge in [0, 0.05) is 29.5 Å². The van der Waals surface area contributed by atoms with Gasteiger partial charge in [0.15, 0.2) is 6.61 Å². The van der Waals surface area contributed by atoms with Crippen LogP contribution in [0.25, 0.3) is 10.9 Å². The summed E-state index contributed by atoms with van der Waals surface area (Å²) in [6, 6.07) is 3.51. The van der Waals surface area contributed by atoms with Gasteiger partial charge in [-0.05, 0) is 24.6 Å². The van der Waals surface area contributed by atoms with Gasteiger partial charge in [-0.25, -0.2) is 4.98 Å².